The molecule has 3 aromatic rings. The van der Waals surface area contributed by atoms with Gasteiger partial charge in [0.1, 0.15) is 6.33 Å². The Morgan fingerprint density at radius 2 is 1.88 bits per heavy atom. The highest BCUT2D eigenvalue weighted by atomic mass is 16.5. The lowest BCUT2D eigenvalue weighted by molar-refractivity contribution is 0.0600. The number of benzene rings is 2. The number of amides is 1. The molecular formula is C18H16N4O3. The number of hydrogen-bond donors (Lipinski definition) is 1. The minimum absolute atomic E-state index is 0.0315. The van der Waals surface area contributed by atoms with Crippen molar-refractivity contribution in [3.8, 4) is 5.69 Å². The zero-order valence-electron chi connectivity index (χ0n) is 13.8. The lowest BCUT2D eigenvalue weighted by Crippen LogP contribution is -2.15. The SMILES string of the molecule is COC(=O)c1cccc(NC(=O)c2ncn(-c3ccc(C)cc3)n2)c1. The normalized spacial score (nSPS) is 10.3. The molecule has 0 aliphatic heterocycles. The highest BCUT2D eigenvalue weighted by Gasteiger charge is 2.13. The lowest BCUT2D eigenvalue weighted by Gasteiger charge is -2.05. The van der Waals surface area contributed by atoms with Crippen LogP contribution in [0.2, 0.25) is 0 Å². The molecule has 0 atom stereocenters. The minimum atomic E-state index is -0.474. The third kappa shape index (κ3) is 3.72. The molecule has 1 heterocycles. The second-order valence-corrected chi connectivity index (χ2v) is 5.37. The van der Waals surface area contributed by atoms with Crippen molar-refractivity contribution in [1.29, 1.82) is 0 Å². The number of aromatic nitrogens is 3. The Labute approximate surface area is 144 Å². The van der Waals surface area contributed by atoms with Crippen LogP contribution in [-0.4, -0.2) is 33.8 Å². The summed E-state index contributed by atoms with van der Waals surface area (Å²) >= 11 is 0. The predicted octanol–water partition coefficient (Wildman–Crippen LogP) is 2.61. The van der Waals surface area contributed by atoms with Crippen LogP contribution in [0.1, 0.15) is 26.5 Å². The fraction of sp³-hybridized carbons (Fsp3) is 0.111. The summed E-state index contributed by atoms with van der Waals surface area (Å²) in [6.07, 6.45) is 1.48. The van der Waals surface area contributed by atoms with Gasteiger partial charge < -0.3 is 10.1 Å². The summed E-state index contributed by atoms with van der Waals surface area (Å²) in [5, 5.41) is 6.85. The van der Waals surface area contributed by atoms with Gasteiger partial charge in [-0.2, -0.15) is 0 Å². The Hall–Kier alpha value is -3.48. The molecule has 0 spiro atoms. The summed E-state index contributed by atoms with van der Waals surface area (Å²) in [6.45, 7) is 1.99. The van der Waals surface area contributed by atoms with E-state index in [1.54, 1.807) is 18.2 Å². The second kappa shape index (κ2) is 6.96. The van der Waals surface area contributed by atoms with Crippen LogP contribution in [-0.2, 0) is 4.74 Å². The zero-order valence-corrected chi connectivity index (χ0v) is 13.8. The van der Waals surface area contributed by atoms with Gasteiger partial charge >= 0.3 is 5.97 Å². The van der Waals surface area contributed by atoms with Crippen molar-refractivity contribution < 1.29 is 14.3 Å². The topological polar surface area (TPSA) is 86.1 Å². The Kier molecular flexibility index (Phi) is 4.56. The van der Waals surface area contributed by atoms with E-state index >= 15 is 0 Å². The molecule has 0 bridgehead atoms. The lowest BCUT2D eigenvalue weighted by atomic mass is 10.2. The third-order valence-electron chi connectivity index (χ3n) is 3.53. The van der Waals surface area contributed by atoms with Crippen molar-refractivity contribution >= 4 is 17.6 Å². The molecule has 1 N–H and O–H groups in total. The van der Waals surface area contributed by atoms with Crippen molar-refractivity contribution in [3.63, 3.8) is 0 Å². The summed E-state index contributed by atoms with van der Waals surface area (Å²) in [5.41, 5.74) is 2.75. The molecule has 7 heteroatoms. The standard InChI is InChI=1S/C18H16N4O3/c1-12-6-8-15(9-7-12)22-11-19-16(21-22)17(23)20-14-5-3-4-13(10-14)18(24)25-2/h3-11H,1-2H3,(H,20,23). The molecule has 1 amide bonds. The molecule has 126 valence electrons. The second-order valence-electron chi connectivity index (χ2n) is 5.37. The van der Waals surface area contributed by atoms with Crippen molar-refractivity contribution in [2.24, 2.45) is 0 Å². The van der Waals surface area contributed by atoms with Crippen molar-refractivity contribution in [2.45, 2.75) is 6.92 Å². The summed E-state index contributed by atoms with van der Waals surface area (Å²) in [6, 6.07) is 14.1. The van der Waals surface area contributed by atoms with E-state index < -0.39 is 11.9 Å². The van der Waals surface area contributed by atoms with Gasteiger partial charge in [0.2, 0.25) is 5.82 Å². The fourth-order valence-electron chi connectivity index (χ4n) is 2.22. The predicted molar refractivity (Wildman–Crippen MR) is 91.8 cm³/mol. The van der Waals surface area contributed by atoms with Crippen molar-refractivity contribution in [2.75, 3.05) is 12.4 Å². The number of hydrogen-bond acceptors (Lipinski definition) is 5. The molecule has 0 saturated carbocycles. The van der Waals surface area contributed by atoms with Crippen LogP contribution in [0.3, 0.4) is 0 Å². The highest BCUT2D eigenvalue weighted by molar-refractivity contribution is 6.02. The Morgan fingerprint density at radius 1 is 1.12 bits per heavy atom. The number of esters is 1. The first kappa shape index (κ1) is 16.4. The van der Waals surface area contributed by atoms with E-state index in [-0.39, 0.29) is 5.82 Å². The number of carbonyl (C=O) groups excluding carboxylic acids is 2. The first-order valence-electron chi connectivity index (χ1n) is 7.55. The van der Waals surface area contributed by atoms with Gasteiger partial charge in [0.25, 0.3) is 5.91 Å². The van der Waals surface area contributed by atoms with Gasteiger partial charge in [-0.15, -0.1) is 5.10 Å². The van der Waals surface area contributed by atoms with E-state index in [0.29, 0.717) is 11.3 Å². The van der Waals surface area contributed by atoms with E-state index in [0.717, 1.165) is 11.3 Å². The van der Waals surface area contributed by atoms with Crippen molar-refractivity contribution in [1.82, 2.24) is 14.8 Å². The van der Waals surface area contributed by atoms with Crippen LogP contribution in [0.4, 0.5) is 5.69 Å². The molecule has 0 aliphatic carbocycles. The Balaban J connectivity index is 1.76. The van der Waals surface area contributed by atoms with Crippen molar-refractivity contribution in [3.05, 3.63) is 71.8 Å². The first-order chi connectivity index (χ1) is 12.1. The number of ether oxygens (including phenoxy) is 1. The van der Waals surface area contributed by atoms with Gasteiger partial charge in [-0.3, -0.25) is 4.79 Å². The average Bonchev–Trinajstić information content (AvgIpc) is 3.12. The molecule has 0 unspecified atom stereocenters. The maximum Gasteiger partial charge on any atom is 0.337 e. The Morgan fingerprint density at radius 3 is 2.60 bits per heavy atom. The molecule has 7 nitrogen and oxygen atoms in total. The molecule has 0 aliphatic rings. The summed E-state index contributed by atoms with van der Waals surface area (Å²) in [5.74, 6) is -0.908. The van der Waals surface area contributed by atoms with Gasteiger partial charge in [0.05, 0.1) is 18.4 Å². The maximum atomic E-state index is 12.3. The van der Waals surface area contributed by atoms with E-state index in [1.165, 1.54) is 24.2 Å². The summed E-state index contributed by atoms with van der Waals surface area (Å²) in [7, 11) is 1.30. The number of nitrogens with zero attached hydrogens (tertiary/aromatic N) is 3. The van der Waals surface area contributed by atoms with Gasteiger partial charge in [-0.05, 0) is 37.3 Å². The van der Waals surface area contributed by atoms with Crippen LogP contribution >= 0.6 is 0 Å². The van der Waals surface area contributed by atoms with Crippen LogP contribution in [0.25, 0.3) is 5.69 Å². The minimum Gasteiger partial charge on any atom is -0.465 e. The number of rotatable bonds is 4. The van der Waals surface area contributed by atoms with Gasteiger partial charge in [0, 0.05) is 5.69 Å². The molecular weight excluding hydrogens is 320 g/mol. The molecule has 0 fully saturated rings. The fourth-order valence-corrected chi connectivity index (χ4v) is 2.22. The monoisotopic (exact) mass is 336 g/mol. The van der Waals surface area contributed by atoms with E-state index in [9.17, 15) is 9.59 Å². The van der Waals surface area contributed by atoms with Crippen LogP contribution < -0.4 is 5.32 Å². The average molecular weight is 336 g/mol. The molecule has 0 radical (unpaired) electrons. The third-order valence-corrected chi connectivity index (χ3v) is 3.53. The van der Waals surface area contributed by atoms with Crippen LogP contribution in [0, 0.1) is 6.92 Å². The van der Waals surface area contributed by atoms with E-state index in [4.69, 9.17) is 0 Å². The van der Waals surface area contributed by atoms with E-state index in [2.05, 4.69) is 20.1 Å². The number of carbonyl (C=O) groups is 2. The smallest absolute Gasteiger partial charge is 0.337 e. The Bertz CT molecular complexity index is 916. The van der Waals surface area contributed by atoms with Crippen LogP contribution in [0.5, 0.6) is 0 Å². The molecule has 2 aromatic carbocycles. The molecule has 3 rings (SSSR count). The van der Waals surface area contributed by atoms with Gasteiger partial charge in [-0.25, -0.2) is 14.5 Å². The van der Waals surface area contributed by atoms with E-state index in [1.807, 2.05) is 31.2 Å². The number of nitrogens with one attached hydrogen (secondary N) is 1. The molecule has 0 saturated heterocycles. The van der Waals surface area contributed by atoms with Gasteiger partial charge in [0.15, 0.2) is 0 Å². The maximum absolute atomic E-state index is 12.3. The van der Waals surface area contributed by atoms with Gasteiger partial charge in [-0.1, -0.05) is 23.8 Å². The number of methoxy groups -OCH3 is 1. The number of anilines is 1. The molecule has 25 heavy (non-hydrogen) atoms. The summed E-state index contributed by atoms with van der Waals surface area (Å²) < 4.78 is 6.19. The summed E-state index contributed by atoms with van der Waals surface area (Å²) in [4.78, 5) is 27.9. The quantitative estimate of drug-likeness (QED) is 0.740. The largest absolute Gasteiger partial charge is 0.465 e. The first-order valence-corrected chi connectivity index (χ1v) is 7.55. The highest BCUT2D eigenvalue weighted by Crippen LogP contribution is 2.13. The number of aryl methyl sites for hydroxylation is 1. The van der Waals surface area contributed by atoms with Crippen LogP contribution in [0.15, 0.2) is 54.9 Å². The molecule has 1 aromatic heterocycles. The zero-order chi connectivity index (χ0) is 17.8.